The molecule has 0 atom stereocenters. The second-order valence-corrected chi connectivity index (χ2v) is 7.63. The molecule has 0 spiro atoms. The number of carbonyl (C=O) groups is 1. The molecule has 30 heavy (non-hydrogen) atoms. The number of nitrogens with zero attached hydrogens (tertiary/aromatic N) is 1. The topological polar surface area (TPSA) is 64.4 Å². The maximum atomic E-state index is 12.4. The van der Waals surface area contributed by atoms with E-state index in [1.54, 1.807) is 0 Å². The number of nitrogens with one attached hydrogen (secondary N) is 1. The number of aromatic nitrogens is 1. The summed E-state index contributed by atoms with van der Waals surface area (Å²) in [6, 6.07) is 17.5. The van der Waals surface area contributed by atoms with E-state index in [0.717, 1.165) is 38.9 Å². The number of amides is 1. The maximum absolute atomic E-state index is 12.4. The second-order valence-electron chi connectivity index (χ2n) is 7.63. The zero-order valence-electron chi connectivity index (χ0n) is 17.6. The van der Waals surface area contributed by atoms with E-state index in [9.17, 15) is 4.79 Å². The molecule has 1 amide bonds. The Bertz CT molecular complexity index is 1220. The first kappa shape index (κ1) is 19.7. The smallest absolute Gasteiger partial charge is 0.262 e. The Morgan fingerprint density at radius 2 is 1.70 bits per heavy atom. The Balaban J connectivity index is 1.52. The van der Waals surface area contributed by atoms with Crippen LogP contribution in [0.25, 0.3) is 22.6 Å². The minimum Gasteiger partial charge on any atom is -0.484 e. The minimum absolute atomic E-state index is 0.0614. The van der Waals surface area contributed by atoms with Crippen molar-refractivity contribution in [1.82, 2.24) is 4.98 Å². The van der Waals surface area contributed by atoms with Crippen LogP contribution in [0, 0.1) is 27.7 Å². The standard InChI is InChI=1S/C25H24N2O3/c1-15-5-9-20(10-6-15)29-14-23(28)26-21-13-19(8-7-17(21)3)25-27-22-12-16(2)11-18(4)24(22)30-25/h5-13H,14H2,1-4H3,(H,26,28). The van der Waals surface area contributed by atoms with Crippen LogP contribution in [0.2, 0.25) is 0 Å². The van der Waals surface area contributed by atoms with Crippen molar-refractivity contribution in [3.8, 4) is 17.2 Å². The fourth-order valence-electron chi connectivity index (χ4n) is 3.36. The summed E-state index contributed by atoms with van der Waals surface area (Å²) in [7, 11) is 0. The highest BCUT2D eigenvalue weighted by Gasteiger charge is 2.13. The summed E-state index contributed by atoms with van der Waals surface area (Å²) < 4.78 is 11.6. The summed E-state index contributed by atoms with van der Waals surface area (Å²) in [5.74, 6) is 0.975. The van der Waals surface area contributed by atoms with Crippen molar-refractivity contribution in [2.75, 3.05) is 11.9 Å². The van der Waals surface area contributed by atoms with Gasteiger partial charge >= 0.3 is 0 Å². The predicted octanol–water partition coefficient (Wildman–Crippen LogP) is 5.75. The molecule has 152 valence electrons. The van der Waals surface area contributed by atoms with Gasteiger partial charge in [0.05, 0.1) is 0 Å². The first-order valence-corrected chi connectivity index (χ1v) is 9.87. The predicted molar refractivity (Wildman–Crippen MR) is 119 cm³/mol. The van der Waals surface area contributed by atoms with E-state index in [0.29, 0.717) is 17.3 Å². The van der Waals surface area contributed by atoms with Crippen LogP contribution >= 0.6 is 0 Å². The molecule has 0 saturated carbocycles. The number of rotatable bonds is 5. The van der Waals surface area contributed by atoms with Gasteiger partial charge in [0.2, 0.25) is 5.89 Å². The van der Waals surface area contributed by atoms with E-state index in [1.807, 2.05) is 76.2 Å². The quantitative estimate of drug-likeness (QED) is 0.463. The molecule has 0 aliphatic carbocycles. The average molecular weight is 400 g/mol. The lowest BCUT2D eigenvalue weighted by Gasteiger charge is -2.11. The first-order valence-electron chi connectivity index (χ1n) is 9.87. The molecule has 0 unspecified atom stereocenters. The van der Waals surface area contributed by atoms with Crippen molar-refractivity contribution in [3.63, 3.8) is 0 Å². The largest absolute Gasteiger partial charge is 0.484 e. The third-order valence-electron chi connectivity index (χ3n) is 4.97. The van der Waals surface area contributed by atoms with Crippen LogP contribution in [0.3, 0.4) is 0 Å². The number of anilines is 1. The van der Waals surface area contributed by atoms with Gasteiger partial charge in [-0.3, -0.25) is 4.79 Å². The number of hydrogen-bond donors (Lipinski definition) is 1. The van der Waals surface area contributed by atoms with Gasteiger partial charge in [-0.15, -0.1) is 0 Å². The van der Waals surface area contributed by atoms with Crippen LogP contribution in [0.15, 0.2) is 59.0 Å². The first-order chi connectivity index (χ1) is 14.4. The number of benzene rings is 3. The highest BCUT2D eigenvalue weighted by atomic mass is 16.5. The van der Waals surface area contributed by atoms with E-state index in [4.69, 9.17) is 9.15 Å². The van der Waals surface area contributed by atoms with Crippen molar-refractivity contribution in [2.45, 2.75) is 27.7 Å². The Labute approximate surface area is 175 Å². The molecular weight excluding hydrogens is 376 g/mol. The molecule has 0 fully saturated rings. The summed E-state index contributed by atoms with van der Waals surface area (Å²) in [6.07, 6.45) is 0. The molecule has 3 aromatic carbocycles. The van der Waals surface area contributed by atoms with Gasteiger partial charge in [0.1, 0.15) is 11.3 Å². The van der Waals surface area contributed by atoms with Crippen LogP contribution < -0.4 is 10.1 Å². The number of fused-ring (bicyclic) bond motifs is 1. The summed E-state index contributed by atoms with van der Waals surface area (Å²) in [6.45, 7) is 7.94. The summed E-state index contributed by atoms with van der Waals surface area (Å²) >= 11 is 0. The van der Waals surface area contributed by atoms with E-state index in [-0.39, 0.29) is 12.5 Å². The van der Waals surface area contributed by atoms with Gasteiger partial charge in [0, 0.05) is 11.3 Å². The number of hydrogen-bond acceptors (Lipinski definition) is 4. The molecular formula is C25H24N2O3. The third-order valence-corrected chi connectivity index (χ3v) is 4.97. The Morgan fingerprint density at radius 1 is 0.933 bits per heavy atom. The van der Waals surface area contributed by atoms with Crippen molar-refractivity contribution in [3.05, 3.63) is 76.9 Å². The van der Waals surface area contributed by atoms with E-state index in [2.05, 4.69) is 16.4 Å². The van der Waals surface area contributed by atoms with Crippen LogP contribution in [-0.2, 0) is 4.79 Å². The second kappa shape index (κ2) is 8.03. The molecule has 1 heterocycles. The summed E-state index contributed by atoms with van der Waals surface area (Å²) in [5.41, 5.74) is 7.43. The lowest BCUT2D eigenvalue weighted by Crippen LogP contribution is -2.20. The lowest BCUT2D eigenvalue weighted by atomic mass is 10.1. The van der Waals surface area contributed by atoms with Gasteiger partial charge in [-0.1, -0.05) is 29.8 Å². The highest BCUT2D eigenvalue weighted by Crippen LogP contribution is 2.30. The van der Waals surface area contributed by atoms with E-state index in [1.165, 1.54) is 0 Å². The van der Waals surface area contributed by atoms with Gasteiger partial charge in [-0.2, -0.15) is 0 Å². The molecule has 5 nitrogen and oxygen atoms in total. The van der Waals surface area contributed by atoms with Crippen LogP contribution in [0.1, 0.15) is 22.3 Å². The van der Waals surface area contributed by atoms with Crippen molar-refractivity contribution < 1.29 is 13.9 Å². The molecule has 0 saturated heterocycles. The molecule has 0 bridgehead atoms. The number of ether oxygens (including phenoxy) is 1. The molecule has 0 aliphatic heterocycles. The number of aryl methyl sites for hydroxylation is 4. The summed E-state index contributed by atoms with van der Waals surface area (Å²) in [4.78, 5) is 17.0. The fourth-order valence-corrected chi connectivity index (χ4v) is 3.36. The normalized spacial score (nSPS) is 10.9. The lowest BCUT2D eigenvalue weighted by molar-refractivity contribution is -0.118. The van der Waals surface area contributed by atoms with E-state index < -0.39 is 0 Å². The van der Waals surface area contributed by atoms with Gasteiger partial charge in [-0.05, 0) is 74.7 Å². The Morgan fingerprint density at radius 3 is 2.47 bits per heavy atom. The fraction of sp³-hybridized carbons (Fsp3) is 0.200. The van der Waals surface area contributed by atoms with Gasteiger partial charge < -0.3 is 14.5 Å². The molecule has 4 rings (SSSR count). The van der Waals surface area contributed by atoms with Crippen molar-refractivity contribution in [2.24, 2.45) is 0 Å². The molecule has 1 N–H and O–H groups in total. The monoisotopic (exact) mass is 400 g/mol. The third kappa shape index (κ3) is 4.20. The molecule has 5 heteroatoms. The molecule has 1 aromatic heterocycles. The SMILES string of the molecule is Cc1ccc(OCC(=O)Nc2cc(-c3nc4cc(C)cc(C)c4o3)ccc2C)cc1. The Hall–Kier alpha value is -3.60. The van der Waals surface area contributed by atoms with Gasteiger partial charge in [0.15, 0.2) is 12.2 Å². The Kier molecular flexibility index (Phi) is 5.27. The van der Waals surface area contributed by atoms with Gasteiger partial charge in [0.25, 0.3) is 5.91 Å². The highest BCUT2D eigenvalue weighted by molar-refractivity contribution is 5.93. The number of carbonyl (C=O) groups excluding carboxylic acids is 1. The molecule has 0 aliphatic rings. The van der Waals surface area contributed by atoms with Crippen LogP contribution in [0.5, 0.6) is 5.75 Å². The number of oxazole rings is 1. The van der Waals surface area contributed by atoms with Crippen molar-refractivity contribution in [1.29, 1.82) is 0 Å². The maximum Gasteiger partial charge on any atom is 0.262 e. The summed E-state index contributed by atoms with van der Waals surface area (Å²) in [5, 5.41) is 2.92. The average Bonchev–Trinajstić information content (AvgIpc) is 3.13. The molecule has 0 radical (unpaired) electrons. The zero-order valence-corrected chi connectivity index (χ0v) is 17.6. The minimum atomic E-state index is -0.222. The van der Waals surface area contributed by atoms with Gasteiger partial charge in [-0.25, -0.2) is 4.98 Å². The molecule has 4 aromatic rings. The van der Waals surface area contributed by atoms with E-state index >= 15 is 0 Å². The zero-order chi connectivity index (χ0) is 21.3. The van der Waals surface area contributed by atoms with Crippen LogP contribution in [0.4, 0.5) is 5.69 Å². The van der Waals surface area contributed by atoms with Crippen LogP contribution in [-0.4, -0.2) is 17.5 Å². The van der Waals surface area contributed by atoms with Crippen molar-refractivity contribution >= 4 is 22.7 Å².